The fourth-order valence-electron chi connectivity index (χ4n) is 2.60. The fraction of sp³-hybridized carbons (Fsp3) is 0.353. The predicted molar refractivity (Wildman–Crippen MR) is 96.8 cm³/mol. The Kier molecular flexibility index (Phi) is 4.97. The van der Waals surface area contributed by atoms with Gasteiger partial charge in [-0.25, -0.2) is 9.97 Å². The number of anilines is 3. The van der Waals surface area contributed by atoms with Gasteiger partial charge in [-0.1, -0.05) is 12.8 Å². The van der Waals surface area contributed by atoms with Gasteiger partial charge in [0, 0.05) is 17.6 Å². The summed E-state index contributed by atoms with van der Waals surface area (Å²) in [6.45, 7) is 1.85. The molecule has 3 rings (SSSR count). The fourth-order valence-corrected chi connectivity index (χ4v) is 2.60. The van der Waals surface area contributed by atoms with Crippen molar-refractivity contribution in [3.63, 3.8) is 0 Å². The molecule has 2 heterocycles. The molecule has 1 atom stereocenters. The molecule has 2 aromatic heterocycles. The van der Waals surface area contributed by atoms with Gasteiger partial charge in [-0.15, -0.1) is 0 Å². The highest BCUT2D eigenvalue weighted by Gasteiger charge is 2.28. The maximum absolute atomic E-state index is 11.7. The van der Waals surface area contributed by atoms with E-state index in [1.165, 1.54) is 6.20 Å². The van der Waals surface area contributed by atoms with Gasteiger partial charge in [0.05, 0.1) is 6.20 Å². The molecule has 0 aromatic carbocycles. The van der Waals surface area contributed by atoms with E-state index >= 15 is 0 Å². The molecule has 2 amide bonds. The quantitative estimate of drug-likeness (QED) is 0.553. The number of pyridine rings is 1. The van der Waals surface area contributed by atoms with E-state index in [1.54, 1.807) is 18.3 Å². The van der Waals surface area contributed by atoms with Gasteiger partial charge in [-0.3, -0.25) is 14.6 Å². The Bertz CT molecular complexity index is 836. The van der Waals surface area contributed by atoms with Crippen LogP contribution in [0, 0.1) is 12.8 Å². The maximum Gasteiger partial charge on any atom is 0.271 e. The highest BCUT2D eigenvalue weighted by molar-refractivity contribution is 5.96. The van der Waals surface area contributed by atoms with Crippen LogP contribution in [0.2, 0.25) is 0 Å². The van der Waals surface area contributed by atoms with Crippen LogP contribution in [-0.2, 0) is 4.79 Å². The van der Waals surface area contributed by atoms with E-state index in [1.807, 2.05) is 6.92 Å². The summed E-state index contributed by atoms with van der Waals surface area (Å²) in [6.07, 6.45) is 5.86. The summed E-state index contributed by atoms with van der Waals surface area (Å²) in [6, 6.07) is 3.00. The summed E-state index contributed by atoms with van der Waals surface area (Å²) >= 11 is 0. The number of nitrogens with one attached hydrogen (secondary N) is 2. The zero-order valence-corrected chi connectivity index (χ0v) is 14.4. The van der Waals surface area contributed by atoms with Crippen molar-refractivity contribution in [2.75, 3.05) is 10.6 Å². The van der Waals surface area contributed by atoms with E-state index in [4.69, 9.17) is 11.5 Å². The van der Waals surface area contributed by atoms with Crippen molar-refractivity contribution >= 4 is 29.1 Å². The Morgan fingerprint density at radius 3 is 2.69 bits per heavy atom. The molecule has 0 radical (unpaired) electrons. The maximum atomic E-state index is 11.7. The van der Waals surface area contributed by atoms with E-state index in [0.717, 1.165) is 18.5 Å². The molecule has 9 nitrogen and oxygen atoms in total. The second-order valence-electron chi connectivity index (χ2n) is 6.41. The van der Waals surface area contributed by atoms with Gasteiger partial charge in [0.2, 0.25) is 5.91 Å². The molecule has 6 N–H and O–H groups in total. The van der Waals surface area contributed by atoms with Gasteiger partial charge in [-0.05, 0) is 31.4 Å². The van der Waals surface area contributed by atoms with Crippen molar-refractivity contribution in [2.24, 2.45) is 17.4 Å². The summed E-state index contributed by atoms with van der Waals surface area (Å²) in [7, 11) is 0. The summed E-state index contributed by atoms with van der Waals surface area (Å²) in [5, 5.41) is 6.02. The zero-order valence-electron chi connectivity index (χ0n) is 14.4. The van der Waals surface area contributed by atoms with Crippen molar-refractivity contribution in [3.8, 4) is 0 Å². The van der Waals surface area contributed by atoms with E-state index in [2.05, 4.69) is 25.6 Å². The molecule has 1 saturated carbocycles. The lowest BCUT2D eigenvalue weighted by Crippen LogP contribution is -2.36. The SMILES string of the molecule is Cc1cc(Nc2nc(N[C@H](CC3CC3)C(N)=O)cnc2C(N)=O)ccn1. The molecular weight excluding hydrogens is 334 g/mol. The van der Waals surface area contributed by atoms with Crippen molar-refractivity contribution in [3.05, 3.63) is 35.9 Å². The minimum absolute atomic E-state index is 0.00262. The van der Waals surface area contributed by atoms with E-state index in [9.17, 15) is 9.59 Å². The molecule has 136 valence electrons. The van der Waals surface area contributed by atoms with E-state index in [-0.39, 0.29) is 11.5 Å². The lowest BCUT2D eigenvalue weighted by molar-refractivity contribution is -0.118. The summed E-state index contributed by atoms with van der Waals surface area (Å²) in [4.78, 5) is 35.9. The van der Waals surface area contributed by atoms with Crippen LogP contribution in [0.25, 0.3) is 0 Å². The van der Waals surface area contributed by atoms with Crippen LogP contribution in [0.1, 0.15) is 35.4 Å². The van der Waals surface area contributed by atoms with Crippen LogP contribution in [0.15, 0.2) is 24.5 Å². The lowest BCUT2D eigenvalue weighted by atomic mass is 10.1. The number of rotatable bonds is 8. The van der Waals surface area contributed by atoms with Crippen LogP contribution in [0.5, 0.6) is 0 Å². The van der Waals surface area contributed by atoms with Crippen LogP contribution < -0.4 is 22.1 Å². The molecule has 0 aliphatic heterocycles. The third-order valence-corrected chi connectivity index (χ3v) is 4.10. The molecule has 0 bridgehead atoms. The Balaban J connectivity index is 1.85. The number of carbonyl (C=O) groups excluding carboxylic acids is 2. The predicted octanol–water partition coefficient (Wildman–Crippen LogP) is 1.09. The lowest BCUT2D eigenvalue weighted by Gasteiger charge is -2.17. The van der Waals surface area contributed by atoms with Crippen molar-refractivity contribution < 1.29 is 9.59 Å². The first-order valence-electron chi connectivity index (χ1n) is 8.34. The van der Waals surface area contributed by atoms with Crippen molar-refractivity contribution in [1.29, 1.82) is 0 Å². The van der Waals surface area contributed by atoms with Crippen molar-refractivity contribution in [2.45, 2.75) is 32.2 Å². The average Bonchev–Trinajstić information content (AvgIpc) is 3.38. The van der Waals surface area contributed by atoms with Gasteiger partial charge in [0.25, 0.3) is 5.91 Å². The smallest absolute Gasteiger partial charge is 0.271 e. The second kappa shape index (κ2) is 7.34. The summed E-state index contributed by atoms with van der Waals surface area (Å²) in [5.74, 6) is -0.107. The van der Waals surface area contributed by atoms with Gasteiger partial charge in [-0.2, -0.15) is 0 Å². The number of aryl methyl sites for hydroxylation is 1. The van der Waals surface area contributed by atoms with Crippen LogP contribution in [-0.4, -0.2) is 32.8 Å². The minimum atomic E-state index is -0.707. The molecular formula is C17H21N7O2. The summed E-state index contributed by atoms with van der Waals surface area (Å²) < 4.78 is 0. The Labute approximate surface area is 150 Å². The van der Waals surface area contributed by atoms with E-state index < -0.39 is 17.9 Å². The molecule has 0 saturated heterocycles. The van der Waals surface area contributed by atoms with Crippen molar-refractivity contribution in [1.82, 2.24) is 15.0 Å². The number of nitrogens with two attached hydrogens (primary N) is 2. The second-order valence-corrected chi connectivity index (χ2v) is 6.41. The first-order valence-corrected chi connectivity index (χ1v) is 8.34. The highest BCUT2D eigenvalue weighted by atomic mass is 16.1. The number of hydrogen-bond acceptors (Lipinski definition) is 7. The Hall–Kier alpha value is -3.23. The van der Waals surface area contributed by atoms with Crippen LogP contribution in [0.3, 0.4) is 0 Å². The molecule has 0 spiro atoms. The van der Waals surface area contributed by atoms with Gasteiger partial charge >= 0.3 is 0 Å². The van der Waals surface area contributed by atoms with E-state index in [0.29, 0.717) is 23.8 Å². The number of hydrogen-bond donors (Lipinski definition) is 4. The number of carbonyl (C=O) groups is 2. The molecule has 0 unspecified atom stereocenters. The topological polar surface area (TPSA) is 149 Å². The zero-order chi connectivity index (χ0) is 18.7. The monoisotopic (exact) mass is 355 g/mol. The standard InChI is InChI=1S/C17H21N7O2/c1-9-6-11(4-5-20-9)22-17-14(16(19)26)21-8-13(24-17)23-12(15(18)25)7-10-2-3-10/h4-6,8,10,12H,2-3,7H2,1H3,(H2,18,25)(H2,19,26)(H2,20,22,23,24)/t12-/m1/s1. The first-order chi connectivity index (χ1) is 12.4. The highest BCUT2D eigenvalue weighted by Crippen LogP contribution is 2.34. The van der Waals surface area contributed by atoms with Gasteiger partial charge < -0.3 is 22.1 Å². The molecule has 1 fully saturated rings. The van der Waals surface area contributed by atoms with Crippen LogP contribution in [0.4, 0.5) is 17.3 Å². The largest absolute Gasteiger partial charge is 0.368 e. The molecule has 9 heteroatoms. The third-order valence-electron chi connectivity index (χ3n) is 4.10. The van der Waals surface area contributed by atoms with Crippen LogP contribution >= 0.6 is 0 Å². The normalized spacial score (nSPS) is 14.5. The van der Waals surface area contributed by atoms with Gasteiger partial charge in [0.15, 0.2) is 11.5 Å². The average molecular weight is 355 g/mol. The number of primary amides is 2. The number of nitrogens with zero attached hydrogens (tertiary/aromatic N) is 3. The third kappa shape index (κ3) is 4.44. The minimum Gasteiger partial charge on any atom is -0.368 e. The number of amides is 2. The van der Waals surface area contributed by atoms with Gasteiger partial charge in [0.1, 0.15) is 11.9 Å². The first kappa shape index (κ1) is 17.6. The molecule has 2 aromatic rings. The molecule has 1 aliphatic rings. The Morgan fingerprint density at radius 2 is 2.08 bits per heavy atom. The summed E-state index contributed by atoms with van der Waals surface area (Å²) in [5.41, 5.74) is 12.3. The molecule has 26 heavy (non-hydrogen) atoms. The number of aromatic nitrogens is 3. The molecule has 1 aliphatic carbocycles. The Morgan fingerprint density at radius 1 is 1.31 bits per heavy atom.